The van der Waals surface area contributed by atoms with E-state index in [1.165, 1.54) is 6.08 Å². The molecule has 3 aromatic rings. The van der Waals surface area contributed by atoms with E-state index in [2.05, 4.69) is 5.32 Å². The summed E-state index contributed by atoms with van der Waals surface area (Å²) < 4.78 is 17.6. The van der Waals surface area contributed by atoms with Gasteiger partial charge < -0.3 is 19.5 Å². The van der Waals surface area contributed by atoms with E-state index < -0.39 is 0 Å². The fourth-order valence-corrected chi connectivity index (χ4v) is 4.37. The third-order valence-electron chi connectivity index (χ3n) is 4.95. The van der Waals surface area contributed by atoms with Crippen LogP contribution in [0.1, 0.15) is 16.8 Å². The number of carbonyl (C=O) groups excluding carboxylic acids is 1. The van der Waals surface area contributed by atoms with Gasteiger partial charge in [0.05, 0.1) is 32.7 Å². The predicted molar refractivity (Wildman–Crippen MR) is 122 cm³/mol. The Morgan fingerprint density at radius 3 is 2.52 bits per heavy atom. The van der Waals surface area contributed by atoms with Crippen LogP contribution in [0.4, 0.5) is 5.82 Å². The summed E-state index contributed by atoms with van der Waals surface area (Å²) in [4.78, 5) is 12.7. The maximum absolute atomic E-state index is 12.7. The van der Waals surface area contributed by atoms with Crippen LogP contribution in [0.25, 0.3) is 11.8 Å². The topological polar surface area (TPSA) is 74.6 Å². The van der Waals surface area contributed by atoms with Gasteiger partial charge in [-0.15, -0.1) is 0 Å². The van der Waals surface area contributed by atoms with Crippen molar-refractivity contribution in [3.63, 3.8) is 0 Å². The first-order valence-corrected chi connectivity index (χ1v) is 10.8. The summed E-state index contributed by atoms with van der Waals surface area (Å²) in [6.45, 7) is 0. The lowest BCUT2D eigenvalue weighted by molar-refractivity contribution is -0.111. The van der Waals surface area contributed by atoms with Gasteiger partial charge in [-0.2, -0.15) is 16.9 Å². The Labute approximate surface area is 185 Å². The Balaban J connectivity index is 1.57. The number of carbonyl (C=O) groups is 1. The number of methoxy groups -OCH3 is 3. The van der Waals surface area contributed by atoms with Crippen molar-refractivity contribution in [3.05, 3.63) is 65.4 Å². The van der Waals surface area contributed by atoms with Crippen LogP contribution in [-0.2, 0) is 16.3 Å². The summed E-state index contributed by atoms with van der Waals surface area (Å²) in [5, 5.41) is 7.73. The largest absolute Gasteiger partial charge is 0.497 e. The first kappa shape index (κ1) is 20.9. The Bertz CT molecular complexity index is 1120. The molecule has 160 valence electrons. The van der Waals surface area contributed by atoms with Crippen LogP contribution < -0.4 is 19.5 Å². The molecule has 0 saturated carbocycles. The smallest absolute Gasteiger partial charge is 0.249 e. The van der Waals surface area contributed by atoms with Gasteiger partial charge in [0.2, 0.25) is 5.91 Å². The monoisotopic (exact) mass is 437 g/mol. The molecule has 4 rings (SSSR count). The van der Waals surface area contributed by atoms with Crippen molar-refractivity contribution >= 4 is 29.6 Å². The van der Waals surface area contributed by atoms with Crippen molar-refractivity contribution in [3.8, 4) is 22.9 Å². The summed E-state index contributed by atoms with van der Waals surface area (Å²) in [5.74, 6) is 4.14. The highest BCUT2D eigenvalue weighted by Gasteiger charge is 2.24. The Kier molecular flexibility index (Phi) is 6.18. The van der Waals surface area contributed by atoms with Crippen LogP contribution in [0.2, 0.25) is 0 Å². The molecule has 0 unspecified atom stereocenters. The number of fused-ring (bicyclic) bond motifs is 1. The molecule has 7 nitrogen and oxygen atoms in total. The summed E-state index contributed by atoms with van der Waals surface area (Å²) >= 11 is 1.79. The Morgan fingerprint density at radius 1 is 1.03 bits per heavy atom. The van der Waals surface area contributed by atoms with Crippen LogP contribution >= 0.6 is 11.8 Å². The van der Waals surface area contributed by atoms with E-state index in [1.807, 2.05) is 36.4 Å². The standard InChI is InChI=1S/C23H23N3O4S/c1-28-17-8-6-16(7-9-17)26-23(18-13-31-14-19(18)25-26)24-22(27)11-5-15-4-10-20(29-2)21(12-15)30-3/h4-12H,13-14H2,1-3H3,(H,24,27)/b11-5-. The number of hydrogen-bond donors (Lipinski definition) is 1. The van der Waals surface area contributed by atoms with Gasteiger partial charge >= 0.3 is 0 Å². The maximum Gasteiger partial charge on any atom is 0.249 e. The SMILES string of the molecule is COc1ccc(-n2nc3c(c2NC(=O)/C=C\c2ccc(OC)c(OC)c2)CSC3)cc1. The lowest BCUT2D eigenvalue weighted by Crippen LogP contribution is -2.13. The average Bonchev–Trinajstić information content (AvgIpc) is 3.40. The van der Waals surface area contributed by atoms with Crippen LogP contribution in [0.5, 0.6) is 17.2 Å². The second-order valence-electron chi connectivity index (χ2n) is 6.81. The van der Waals surface area contributed by atoms with E-state index >= 15 is 0 Å². The first-order chi connectivity index (χ1) is 15.1. The fraction of sp³-hybridized carbons (Fsp3) is 0.217. The predicted octanol–water partition coefficient (Wildman–Crippen LogP) is 4.30. The number of nitrogens with zero attached hydrogens (tertiary/aromatic N) is 2. The number of ether oxygens (including phenoxy) is 3. The summed E-state index contributed by atoms with van der Waals surface area (Å²) in [7, 11) is 4.80. The normalized spacial score (nSPS) is 12.6. The fourth-order valence-electron chi connectivity index (χ4n) is 3.34. The third kappa shape index (κ3) is 4.39. The molecule has 31 heavy (non-hydrogen) atoms. The lowest BCUT2D eigenvalue weighted by atomic mass is 10.2. The zero-order chi connectivity index (χ0) is 21.8. The van der Waals surface area contributed by atoms with E-state index in [0.29, 0.717) is 17.3 Å². The van der Waals surface area contributed by atoms with Crippen LogP contribution in [0.3, 0.4) is 0 Å². The minimum absolute atomic E-state index is 0.232. The van der Waals surface area contributed by atoms with Crippen LogP contribution in [-0.4, -0.2) is 37.0 Å². The van der Waals surface area contributed by atoms with Gasteiger partial charge in [-0.05, 0) is 48.0 Å². The van der Waals surface area contributed by atoms with E-state index in [9.17, 15) is 4.79 Å². The van der Waals surface area contributed by atoms with Gasteiger partial charge in [0.25, 0.3) is 0 Å². The number of amides is 1. The molecule has 0 radical (unpaired) electrons. The molecular weight excluding hydrogens is 414 g/mol. The molecule has 0 aliphatic carbocycles. The van der Waals surface area contributed by atoms with E-state index in [-0.39, 0.29) is 5.91 Å². The molecule has 0 fully saturated rings. The van der Waals surface area contributed by atoms with Crippen molar-refractivity contribution in [2.75, 3.05) is 26.6 Å². The Morgan fingerprint density at radius 2 is 1.81 bits per heavy atom. The van der Waals surface area contributed by atoms with Crippen molar-refractivity contribution in [1.82, 2.24) is 9.78 Å². The highest BCUT2D eigenvalue weighted by molar-refractivity contribution is 7.98. The molecule has 1 amide bonds. The molecule has 2 heterocycles. The molecule has 1 aliphatic heterocycles. The minimum atomic E-state index is -0.232. The number of hydrogen-bond acceptors (Lipinski definition) is 6. The minimum Gasteiger partial charge on any atom is -0.497 e. The van der Waals surface area contributed by atoms with E-state index in [4.69, 9.17) is 19.3 Å². The highest BCUT2D eigenvalue weighted by Crippen LogP contribution is 2.36. The van der Waals surface area contributed by atoms with Crippen molar-refractivity contribution in [1.29, 1.82) is 0 Å². The number of nitrogens with one attached hydrogen (secondary N) is 1. The first-order valence-electron chi connectivity index (χ1n) is 9.67. The highest BCUT2D eigenvalue weighted by atomic mass is 32.2. The molecule has 1 N–H and O–H groups in total. The molecule has 0 atom stereocenters. The van der Waals surface area contributed by atoms with Crippen molar-refractivity contribution in [2.24, 2.45) is 0 Å². The van der Waals surface area contributed by atoms with Crippen molar-refractivity contribution < 1.29 is 19.0 Å². The molecule has 0 spiro atoms. The Hall–Kier alpha value is -3.39. The zero-order valence-electron chi connectivity index (χ0n) is 17.5. The van der Waals surface area contributed by atoms with E-state index in [1.54, 1.807) is 49.9 Å². The van der Waals surface area contributed by atoms with Gasteiger partial charge in [0.1, 0.15) is 11.6 Å². The summed E-state index contributed by atoms with van der Waals surface area (Å²) in [6, 6.07) is 13.1. The molecular formula is C23H23N3O4S. The zero-order valence-corrected chi connectivity index (χ0v) is 18.4. The molecule has 2 aromatic carbocycles. The van der Waals surface area contributed by atoms with Gasteiger partial charge in [0.15, 0.2) is 11.5 Å². The number of rotatable bonds is 7. The van der Waals surface area contributed by atoms with Gasteiger partial charge in [-0.3, -0.25) is 4.79 Å². The van der Waals surface area contributed by atoms with E-state index in [0.717, 1.165) is 39.8 Å². The second kappa shape index (κ2) is 9.18. The number of anilines is 1. The molecule has 0 bridgehead atoms. The summed E-state index contributed by atoms with van der Waals surface area (Å²) in [5.41, 5.74) is 3.75. The van der Waals surface area contributed by atoms with Gasteiger partial charge in [-0.25, -0.2) is 4.68 Å². The number of aromatic nitrogens is 2. The average molecular weight is 438 g/mol. The third-order valence-corrected chi connectivity index (χ3v) is 5.92. The molecule has 1 aliphatic rings. The quantitative estimate of drug-likeness (QED) is 0.556. The second-order valence-corrected chi connectivity index (χ2v) is 7.80. The summed E-state index contributed by atoms with van der Waals surface area (Å²) in [6.07, 6.45) is 3.24. The maximum atomic E-state index is 12.7. The lowest BCUT2D eigenvalue weighted by Gasteiger charge is -2.10. The van der Waals surface area contributed by atoms with Gasteiger partial charge in [-0.1, -0.05) is 6.07 Å². The number of thioether (sulfide) groups is 1. The van der Waals surface area contributed by atoms with Gasteiger partial charge in [0, 0.05) is 23.1 Å². The number of benzene rings is 2. The molecule has 1 aromatic heterocycles. The van der Waals surface area contributed by atoms with Crippen molar-refractivity contribution in [2.45, 2.75) is 11.5 Å². The molecule has 0 saturated heterocycles. The van der Waals surface area contributed by atoms with Crippen LogP contribution in [0, 0.1) is 0 Å². The van der Waals surface area contributed by atoms with Crippen LogP contribution in [0.15, 0.2) is 48.5 Å². The molecule has 8 heteroatoms.